The quantitative estimate of drug-likeness (QED) is 0.872. The maximum Gasteiger partial charge on any atom is 0.426 e. The van der Waals surface area contributed by atoms with Gasteiger partial charge in [0.2, 0.25) is 5.60 Å². The highest BCUT2D eigenvalue weighted by atomic mass is 19.4. The number of ether oxygens (including phenoxy) is 1. The molecule has 2 aromatic rings. The molecular formula is C15H16F3N3O3. The van der Waals surface area contributed by atoms with Gasteiger partial charge < -0.3 is 19.7 Å². The van der Waals surface area contributed by atoms with E-state index in [4.69, 9.17) is 4.74 Å². The summed E-state index contributed by atoms with van der Waals surface area (Å²) in [6.07, 6.45) is -3.71. The van der Waals surface area contributed by atoms with Gasteiger partial charge >= 0.3 is 12.3 Å². The molecule has 0 radical (unpaired) electrons. The fraction of sp³-hybridized carbons (Fsp3) is 0.333. The molecule has 0 aliphatic heterocycles. The summed E-state index contributed by atoms with van der Waals surface area (Å²) in [5, 5.41) is 12.0. The topological polar surface area (TPSA) is 76.4 Å². The van der Waals surface area contributed by atoms with Gasteiger partial charge in [0.1, 0.15) is 6.61 Å². The molecular weight excluding hydrogens is 327 g/mol. The molecule has 130 valence electrons. The van der Waals surface area contributed by atoms with Crippen molar-refractivity contribution in [1.29, 1.82) is 0 Å². The second kappa shape index (κ2) is 6.91. The van der Waals surface area contributed by atoms with Gasteiger partial charge in [-0.15, -0.1) is 0 Å². The standard InChI is InChI=1S/C15H16F3N3O3/c1-21-8-7-19-12(21)14(23,15(16,17)18)10-20-13(22)24-9-11-5-3-2-4-6-11/h2-8,23H,9-10H2,1H3,(H,20,22). The molecule has 2 rings (SSSR count). The van der Waals surface area contributed by atoms with E-state index in [0.29, 0.717) is 5.56 Å². The number of aliphatic hydroxyl groups is 1. The maximum absolute atomic E-state index is 13.3. The number of aromatic nitrogens is 2. The number of carbonyl (C=O) groups excluding carboxylic acids is 1. The summed E-state index contributed by atoms with van der Waals surface area (Å²) in [5.74, 6) is -0.627. The van der Waals surface area contributed by atoms with Crippen LogP contribution in [0.3, 0.4) is 0 Å². The Kier molecular flexibility index (Phi) is 5.13. The molecule has 1 amide bonds. The largest absolute Gasteiger partial charge is 0.445 e. The minimum absolute atomic E-state index is 0.0977. The van der Waals surface area contributed by atoms with Crippen LogP contribution >= 0.6 is 0 Å². The zero-order valence-electron chi connectivity index (χ0n) is 12.7. The van der Waals surface area contributed by atoms with Crippen LogP contribution in [0, 0.1) is 0 Å². The Hall–Kier alpha value is -2.55. The number of imidazole rings is 1. The first-order chi connectivity index (χ1) is 11.2. The van der Waals surface area contributed by atoms with E-state index in [1.165, 1.54) is 13.2 Å². The van der Waals surface area contributed by atoms with Gasteiger partial charge in [-0.3, -0.25) is 0 Å². The Bertz CT molecular complexity index is 688. The van der Waals surface area contributed by atoms with E-state index in [-0.39, 0.29) is 6.61 Å². The Morgan fingerprint density at radius 2 is 2.00 bits per heavy atom. The highest BCUT2D eigenvalue weighted by Gasteiger charge is 2.57. The van der Waals surface area contributed by atoms with Crippen molar-refractivity contribution < 1.29 is 27.8 Å². The number of alkyl carbamates (subject to hydrolysis) is 1. The van der Waals surface area contributed by atoms with Gasteiger partial charge in [0, 0.05) is 19.4 Å². The lowest BCUT2D eigenvalue weighted by molar-refractivity contribution is -0.267. The number of nitrogens with zero attached hydrogens (tertiary/aromatic N) is 2. The molecule has 0 aliphatic carbocycles. The molecule has 0 saturated carbocycles. The number of carbonyl (C=O) groups is 1. The molecule has 1 aromatic heterocycles. The van der Waals surface area contributed by atoms with E-state index < -0.39 is 30.2 Å². The van der Waals surface area contributed by atoms with Crippen LogP contribution < -0.4 is 5.32 Å². The van der Waals surface area contributed by atoms with Crippen molar-refractivity contribution in [2.75, 3.05) is 6.54 Å². The smallest absolute Gasteiger partial charge is 0.426 e. The highest BCUT2D eigenvalue weighted by Crippen LogP contribution is 2.37. The lowest BCUT2D eigenvalue weighted by Gasteiger charge is -2.29. The Balaban J connectivity index is 2.01. The molecule has 1 aromatic carbocycles. The van der Waals surface area contributed by atoms with Crippen molar-refractivity contribution in [3.05, 3.63) is 54.1 Å². The lowest BCUT2D eigenvalue weighted by Crippen LogP contribution is -2.52. The van der Waals surface area contributed by atoms with E-state index in [1.807, 2.05) is 5.32 Å². The van der Waals surface area contributed by atoms with Gasteiger partial charge in [-0.2, -0.15) is 13.2 Å². The van der Waals surface area contributed by atoms with Crippen molar-refractivity contribution in [2.45, 2.75) is 18.4 Å². The van der Waals surface area contributed by atoms with E-state index in [0.717, 1.165) is 10.8 Å². The number of amides is 1. The van der Waals surface area contributed by atoms with Gasteiger partial charge in [-0.05, 0) is 5.56 Å². The number of hydrogen-bond donors (Lipinski definition) is 2. The Morgan fingerprint density at radius 3 is 2.54 bits per heavy atom. The average molecular weight is 343 g/mol. The third-order valence-corrected chi connectivity index (χ3v) is 3.36. The average Bonchev–Trinajstić information content (AvgIpc) is 2.97. The summed E-state index contributed by atoms with van der Waals surface area (Å²) >= 11 is 0. The van der Waals surface area contributed by atoms with Crippen LogP contribution in [0.15, 0.2) is 42.7 Å². The van der Waals surface area contributed by atoms with Crippen LogP contribution in [0.25, 0.3) is 0 Å². The van der Waals surface area contributed by atoms with Crippen molar-refractivity contribution in [3.8, 4) is 0 Å². The number of benzene rings is 1. The monoisotopic (exact) mass is 343 g/mol. The fourth-order valence-electron chi connectivity index (χ4n) is 2.04. The maximum atomic E-state index is 13.3. The van der Waals surface area contributed by atoms with Crippen molar-refractivity contribution >= 4 is 6.09 Å². The molecule has 1 unspecified atom stereocenters. The van der Waals surface area contributed by atoms with Crippen LogP contribution in [0.4, 0.5) is 18.0 Å². The van der Waals surface area contributed by atoms with Crippen molar-refractivity contribution in [2.24, 2.45) is 7.05 Å². The normalized spacial score (nSPS) is 14.0. The predicted molar refractivity (Wildman–Crippen MR) is 77.8 cm³/mol. The summed E-state index contributed by atoms with van der Waals surface area (Å²) in [4.78, 5) is 15.1. The second-order valence-corrected chi connectivity index (χ2v) is 5.14. The Labute approximate surface area is 135 Å². The van der Waals surface area contributed by atoms with Gasteiger partial charge in [0.25, 0.3) is 0 Å². The molecule has 6 nitrogen and oxygen atoms in total. The number of aryl methyl sites for hydroxylation is 1. The number of rotatable bonds is 5. The van der Waals surface area contributed by atoms with Gasteiger partial charge in [-0.1, -0.05) is 30.3 Å². The van der Waals surface area contributed by atoms with Crippen molar-refractivity contribution in [3.63, 3.8) is 0 Å². The first-order valence-electron chi connectivity index (χ1n) is 6.95. The zero-order chi connectivity index (χ0) is 17.8. The molecule has 0 spiro atoms. The SMILES string of the molecule is Cn1ccnc1C(O)(CNC(=O)OCc1ccccc1)C(F)(F)F. The summed E-state index contributed by atoms with van der Waals surface area (Å²) in [7, 11) is 1.31. The van der Waals surface area contributed by atoms with Gasteiger partial charge in [-0.25, -0.2) is 9.78 Å². The van der Waals surface area contributed by atoms with E-state index >= 15 is 0 Å². The third kappa shape index (κ3) is 3.85. The van der Waals surface area contributed by atoms with Crippen LogP contribution in [0.1, 0.15) is 11.4 Å². The van der Waals surface area contributed by atoms with Crippen LogP contribution in [-0.4, -0.2) is 33.5 Å². The molecule has 0 bridgehead atoms. The molecule has 0 aliphatic rings. The predicted octanol–water partition coefficient (Wildman–Crippen LogP) is 2.10. The number of alkyl halides is 3. The summed E-state index contributed by atoms with van der Waals surface area (Å²) < 4.78 is 45.6. The molecule has 9 heteroatoms. The molecule has 0 fully saturated rings. The first-order valence-corrected chi connectivity index (χ1v) is 6.95. The minimum Gasteiger partial charge on any atom is -0.445 e. The molecule has 24 heavy (non-hydrogen) atoms. The second-order valence-electron chi connectivity index (χ2n) is 5.14. The molecule has 0 saturated heterocycles. The number of nitrogens with one attached hydrogen (secondary N) is 1. The molecule has 1 heterocycles. The van der Waals surface area contributed by atoms with Gasteiger partial charge in [0.05, 0.1) is 6.54 Å². The highest BCUT2D eigenvalue weighted by molar-refractivity contribution is 5.67. The summed E-state index contributed by atoms with van der Waals surface area (Å²) in [6, 6.07) is 8.65. The third-order valence-electron chi connectivity index (χ3n) is 3.36. The number of halogens is 3. The van der Waals surface area contributed by atoms with Crippen LogP contribution in [0.2, 0.25) is 0 Å². The fourth-order valence-corrected chi connectivity index (χ4v) is 2.04. The van der Waals surface area contributed by atoms with Crippen LogP contribution in [-0.2, 0) is 24.0 Å². The summed E-state index contributed by atoms with van der Waals surface area (Å²) in [6.45, 7) is -1.21. The van der Waals surface area contributed by atoms with Crippen LogP contribution in [0.5, 0.6) is 0 Å². The zero-order valence-corrected chi connectivity index (χ0v) is 12.7. The first kappa shape index (κ1) is 17.8. The minimum atomic E-state index is -5.03. The van der Waals surface area contributed by atoms with E-state index in [2.05, 4.69) is 4.98 Å². The van der Waals surface area contributed by atoms with E-state index in [1.54, 1.807) is 30.3 Å². The van der Waals surface area contributed by atoms with Crippen molar-refractivity contribution in [1.82, 2.24) is 14.9 Å². The number of hydrogen-bond acceptors (Lipinski definition) is 4. The van der Waals surface area contributed by atoms with Gasteiger partial charge in [0.15, 0.2) is 5.82 Å². The Morgan fingerprint density at radius 1 is 1.33 bits per heavy atom. The molecule has 2 N–H and O–H groups in total. The van der Waals surface area contributed by atoms with E-state index in [9.17, 15) is 23.1 Å². The lowest BCUT2D eigenvalue weighted by atomic mass is 10.0. The molecule has 1 atom stereocenters. The summed E-state index contributed by atoms with van der Waals surface area (Å²) in [5.41, 5.74) is -2.64.